The third kappa shape index (κ3) is 5.93. The number of aliphatic hydroxyl groups excluding tert-OH is 1. The predicted octanol–water partition coefficient (Wildman–Crippen LogP) is 2.82. The standard InChI is InChI=1S/C17H25NO4/c19-15(11-18-17(20)21)9-14-7-4-8-16(10-14)22-12-13-5-2-1-3-6-13/h4,7-8,10,13,15,18-19H,1-3,5-6,9,11-12H2,(H,20,21). The zero-order valence-electron chi connectivity index (χ0n) is 12.8. The second-order valence-corrected chi connectivity index (χ2v) is 6.01. The molecule has 0 aliphatic heterocycles. The molecule has 1 aliphatic carbocycles. The Kier molecular flexibility index (Phi) is 6.52. The molecule has 0 spiro atoms. The fourth-order valence-electron chi connectivity index (χ4n) is 2.88. The van der Waals surface area contributed by atoms with Crippen molar-refractivity contribution in [1.82, 2.24) is 5.32 Å². The molecule has 22 heavy (non-hydrogen) atoms. The number of carbonyl (C=O) groups is 1. The molecule has 0 aromatic heterocycles. The van der Waals surface area contributed by atoms with Gasteiger partial charge in [0.25, 0.3) is 0 Å². The molecule has 1 fully saturated rings. The quantitative estimate of drug-likeness (QED) is 0.724. The SMILES string of the molecule is O=C(O)NCC(O)Cc1cccc(OCC2CCCCC2)c1. The Hall–Kier alpha value is -1.75. The van der Waals surface area contributed by atoms with E-state index >= 15 is 0 Å². The largest absolute Gasteiger partial charge is 0.493 e. The number of hydrogen-bond acceptors (Lipinski definition) is 3. The molecule has 0 heterocycles. The molecule has 2 rings (SSSR count). The Balaban J connectivity index is 1.79. The fourth-order valence-corrected chi connectivity index (χ4v) is 2.88. The summed E-state index contributed by atoms with van der Waals surface area (Å²) in [6, 6.07) is 7.67. The molecule has 0 radical (unpaired) electrons. The lowest BCUT2D eigenvalue weighted by Crippen LogP contribution is -2.31. The van der Waals surface area contributed by atoms with E-state index in [9.17, 15) is 9.90 Å². The first-order chi connectivity index (χ1) is 10.6. The number of ether oxygens (including phenoxy) is 1. The average Bonchev–Trinajstić information content (AvgIpc) is 2.52. The van der Waals surface area contributed by atoms with Crippen molar-refractivity contribution in [2.75, 3.05) is 13.2 Å². The predicted molar refractivity (Wildman–Crippen MR) is 84.3 cm³/mol. The molecular weight excluding hydrogens is 282 g/mol. The Morgan fingerprint density at radius 3 is 2.82 bits per heavy atom. The van der Waals surface area contributed by atoms with E-state index in [0.29, 0.717) is 12.3 Å². The summed E-state index contributed by atoms with van der Waals surface area (Å²) in [6.07, 6.45) is 5.00. The third-order valence-corrected chi connectivity index (χ3v) is 4.07. The van der Waals surface area contributed by atoms with E-state index in [2.05, 4.69) is 5.32 Å². The monoisotopic (exact) mass is 307 g/mol. The summed E-state index contributed by atoms with van der Waals surface area (Å²) in [4.78, 5) is 10.4. The maximum atomic E-state index is 10.4. The lowest BCUT2D eigenvalue weighted by Gasteiger charge is -2.21. The van der Waals surface area contributed by atoms with Crippen molar-refractivity contribution in [2.24, 2.45) is 5.92 Å². The zero-order valence-corrected chi connectivity index (χ0v) is 12.8. The van der Waals surface area contributed by atoms with Crippen molar-refractivity contribution >= 4 is 6.09 Å². The summed E-state index contributed by atoms with van der Waals surface area (Å²) < 4.78 is 5.87. The molecule has 1 amide bonds. The van der Waals surface area contributed by atoms with Gasteiger partial charge in [0.2, 0.25) is 0 Å². The van der Waals surface area contributed by atoms with Crippen molar-refractivity contribution in [1.29, 1.82) is 0 Å². The van der Waals surface area contributed by atoms with Gasteiger partial charge in [-0.15, -0.1) is 0 Å². The molecule has 1 saturated carbocycles. The van der Waals surface area contributed by atoms with Crippen LogP contribution in [0, 0.1) is 5.92 Å². The second kappa shape index (κ2) is 8.63. The van der Waals surface area contributed by atoms with E-state index in [-0.39, 0.29) is 6.54 Å². The van der Waals surface area contributed by atoms with E-state index in [1.807, 2.05) is 24.3 Å². The van der Waals surface area contributed by atoms with Crippen LogP contribution in [0.5, 0.6) is 5.75 Å². The van der Waals surface area contributed by atoms with Gasteiger partial charge in [-0.05, 0) is 36.5 Å². The molecule has 1 aromatic rings. The summed E-state index contributed by atoms with van der Waals surface area (Å²) in [7, 11) is 0. The van der Waals surface area contributed by atoms with Gasteiger partial charge in [0, 0.05) is 13.0 Å². The summed E-state index contributed by atoms with van der Waals surface area (Å²) in [5.74, 6) is 1.48. The first kappa shape index (κ1) is 16.6. The van der Waals surface area contributed by atoms with Gasteiger partial charge < -0.3 is 20.3 Å². The minimum absolute atomic E-state index is 0.0303. The van der Waals surface area contributed by atoms with E-state index < -0.39 is 12.2 Å². The van der Waals surface area contributed by atoms with Crippen LogP contribution in [0.15, 0.2) is 24.3 Å². The first-order valence-corrected chi connectivity index (χ1v) is 8.00. The van der Waals surface area contributed by atoms with Crippen molar-refractivity contribution < 1.29 is 19.7 Å². The summed E-state index contributed by atoms with van der Waals surface area (Å²) in [5.41, 5.74) is 0.945. The number of amides is 1. The molecular formula is C17H25NO4. The fraction of sp³-hybridized carbons (Fsp3) is 0.588. The van der Waals surface area contributed by atoms with Crippen molar-refractivity contribution in [3.63, 3.8) is 0 Å². The molecule has 1 unspecified atom stereocenters. The minimum Gasteiger partial charge on any atom is -0.493 e. The van der Waals surface area contributed by atoms with Gasteiger partial charge in [-0.2, -0.15) is 0 Å². The number of nitrogens with one attached hydrogen (secondary N) is 1. The topological polar surface area (TPSA) is 78.8 Å². The highest BCUT2D eigenvalue weighted by Crippen LogP contribution is 2.25. The van der Waals surface area contributed by atoms with E-state index in [4.69, 9.17) is 9.84 Å². The Morgan fingerprint density at radius 1 is 1.32 bits per heavy atom. The van der Waals surface area contributed by atoms with Crippen LogP contribution in [-0.2, 0) is 6.42 Å². The molecule has 122 valence electrons. The lowest BCUT2D eigenvalue weighted by atomic mass is 9.90. The Bertz CT molecular complexity index is 471. The number of hydrogen-bond donors (Lipinski definition) is 3. The Labute approximate surface area is 131 Å². The van der Waals surface area contributed by atoms with Crippen LogP contribution >= 0.6 is 0 Å². The molecule has 5 heteroatoms. The number of aliphatic hydroxyl groups is 1. The van der Waals surface area contributed by atoms with Crippen LogP contribution in [0.3, 0.4) is 0 Å². The van der Waals surface area contributed by atoms with Crippen molar-refractivity contribution in [3.05, 3.63) is 29.8 Å². The van der Waals surface area contributed by atoms with Crippen LogP contribution in [0.4, 0.5) is 4.79 Å². The van der Waals surface area contributed by atoms with E-state index in [1.54, 1.807) is 0 Å². The molecule has 1 atom stereocenters. The Morgan fingerprint density at radius 2 is 2.09 bits per heavy atom. The highest BCUT2D eigenvalue weighted by Gasteiger charge is 2.14. The van der Waals surface area contributed by atoms with Crippen LogP contribution < -0.4 is 10.1 Å². The van der Waals surface area contributed by atoms with Crippen molar-refractivity contribution in [2.45, 2.75) is 44.6 Å². The molecule has 1 aliphatic rings. The highest BCUT2D eigenvalue weighted by atomic mass is 16.5. The minimum atomic E-state index is -1.12. The average molecular weight is 307 g/mol. The van der Waals surface area contributed by atoms with Gasteiger partial charge in [-0.1, -0.05) is 31.4 Å². The van der Waals surface area contributed by atoms with E-state index in [0.717, 1.165) is 17.9 Å². The summed E-state index contributed by atoms with van der Waals surface area (Å²) in [6.45, 7) is 0.787. The maximum absolute atomic E-state index is 10.4. The van der Waals surface area contributed by atoms with Crippen LogP contribution in [-0.4, -0.2) is 35.6 Å². The lowest BCUT2D eigenvalue weighted by molar-refractivity contribution is 0.157. The van der Waals surface area contributed by atoms with E-state index in [1.165, 1.54) is 32.1 Å². The van der Waals surface area contributed by atoms with Gasteiger partial charge in [0.05, 0.1) is 12.7 Å². The smallest absolute Gasteiger partial charge is 0.404 e. The highest BCUT2D eigenvalue weighted by molar-refractivity contribution is 5.64. The number of carboxylic acid groups (broad SMARTS) is 1. The molecule has 1 aromatic carbocycles. The van der Waals surface area contributed by atoms with Crippen LogP contribution in [0.25, 0.3) is 0 Å². The number of benzene rings is 1. The number of rotatable bonds is 7. The molecule has 0 bridgehead atoms. The zero-order chi connectivity index (χ0) is 15.8. The molecule has 3 N–H and O–H groups in total. The molecule has 0 saturated heterocycles. The normalized spacial score (nSPS) is 17.0. The summed E-state index contributed by atoms with van der Waals surface area (Å²) >= 11 is 0. The molecule has 5 nitrogen and oxygen atoms in total. The van der Waals surface area contributed by atoms with Crippen LogP contribution in [0.1, 0.15) is 37.7 Å². The third-order valence-electron chi connectivity index (χ3n) is 4.07. The maximum Gasteiger partial charge on any atom is 0.404 e. The van der Waals surface area contributed by atoms with Gasteiger partial charge in [0.15, 0.2) is 0 Å². The van der Waals surface area contributed by atoms with Crippen LogP contribution in [0.2, 0.25) is 0 Å². The van der Waals surface area contributed by atoms with Gasteiger partial charge in [-0.3, -0.25) is 0 Å². The van der Waals surface area contributed by atoms with Gasteiger partial charge in [0.1, 0.15) is 5.75 Å². The summed E-state index contributed by atoms with van der Waals surface area (Å²) in [5, 5.41) is 20.5. The van der Waals surface area contributed by atoms with Gasteiger partial charge >= 0.3 is 6.09 Å². The van der Waals surface area contributed by atoms with Gasteiger partial charge in [-0.25, -0.2) is 4.79 Å². The first-order valence-electron chi connectivity index (χ1n) is 8.00. The second-order valence-electron chi connectivity index (χ2n) is 6.01. The van der Waals surface area contributed by atoms with Crippen molar-refractivity contribution in [3.8, 4) is 5.75 Å².